The Hall–Kier alpha value is -3.24. The van der Waals surface area contributed by atoms with Gasteiger partial charge in [-0.2, -0.15) is 10.5 Å². The first-order chi connectivity index (χ1) is 9.72. The maximum atomic E-state index is 9.28. The molecule has 2 rings (SSSR count). The topological polar surface area (TPSA) is 79.8 Å². The second kappa shape index (κ2) is 6.08. The zero-order valence-corrected chi connectivity index (χ0v) is 10.5. The number of rotatable bonds is 3. The van der Waals surface area contributed by atoms with E-state index in [-0.39, 0.29) is 11.3 Å². The van der Waals surface area contributed by atoms with Crippen molar-refractivity contribution in [2.75, 3.05) is 5.32 Å². The van der Waals surface area contributed by atoms with Crippen LogP contribution in [0.15, 0.2) is 60.3 Å². The largest absolute Gasteiger partial charge is 0.508 e. The summed E-state index contributed by atoms with van der Waals surface area (Å²) >= 11 is 0. The molecule has 2 aromatic carbocycles. The average molecular weight is 261 g/mol. The monoisotopic (exact) mass is 261 g/mol. The first-order valence-electron chi connectivity index (χ1n) is 5.89. The van der Waals surface area contributed by atoms with Crippen LogP contribution in [0.4, 0.5) is 5.69 Å². The summed E-state index contributed by atoms with van der Waals surface area (Å²) in [6.45, 7) is 0. The molecule has 0 radical (unpaired) electrons. The third kappa shape index (κ3) is 3.16. The van der Waals surface area contributed by atoms with Crippen LogP contribution in [-0.4, -0.2) is 5.11 Å². The van der Waals surface area contributed by atoms with E-state index in [2.05, 4.69) is 5.32 Å². The highest BCUT2D eigenvalue weighted by molar-refractivity contribution is 5.69. The Balaban J connectivity index is 2.25. The molecule has 4 nitrogen and oxygen atoms in total. The second-order valence-electron chi connectivity index (χ2n) is 4.05. The molecule has 0 amide bonds. The molecule has 2 N–H and O–H groups in total. The lowest BCUT2D eigenvalue weighted by Crippen LogP contribution is -1.90. The number of nitrogens with one attached hydrogen (secondary N) is 1. The first kappa shape index (κ1) is 13.2. The summed E-state index contributed by atoms with van der Waals surface area (Å²) in [6.07, 6.45) is 1.37. The summed E-state index contributed by atoms with van der Waals surface area (Å²) in [5.74, 6) is 0.221. The lowest BCUT2D eigenvalue weighted by Gasteiger charge is -2.05. The van der Waals surface area contributed by atoms with Crippen molar-refractivity contribution < 1.29 is 5.11 Å². The van der Waals surface area contributed by atoms with E-state index in [0.29, 0.717) is 0 Å². The van der Waals surface area contributed by atoms with Crippen molar-refractivity contribution in [2.24, 2.45) is 0 Å². The molecule has 20 heavy (non-hydrogen) atoms. The lowest BCUT2D eigenvalue weighted by atomic mass is 10.1. The number of allylic oxidation sites excluding steroid dienone is 1. The van der Waals surface area contributed by atoms with Gasteiger partial charge in [0.25, 0.3) is 0 Å². The number of benzene rings is 2. The molecular weight excluding hydrogens is 250 g/mol. The van der Waals surface area contributed by atoms with Crippen LogP contribution in [0.2, 0.25) is 0 Å². The summed E-state index contributed by atoms with van der Waals surface area (Å²) in [5.41, 5.74) is 2.73. The standard InChI is InChI=1S/C16H11N3O/c17-9-12(10-18)11-19-15-3-1-2-14(8-15)13-4-6-16(20)7-5-13/h1-8,11,19-20H. The number of phenolic OH excluding ortho intramolecular Hbond substituents is 1. The summed E-state index contributed by atoms with van der Waals surface area (Å²) in [5, 5.41) is 29.5. The van der Waals surface area contributed by atoms with Crippen LogP contribution in [-0.2, 0) is 0 Å². The third-order valence-electron chi connectivity index (χ3n) is 2.69. The van der Waals surface area contributed by atoms with Crippen LogP contribution in [0, 0.1) is 22.7 Å². The van der Waals surface area contributed by atoms with Gasteiger partial charge >= 0.3 is 0 Å². The Labute approximate surface area is 116 Å². The fraction of sp³-hybridized carbons (Fsp3) is 0. The van der Waals surface area contributed by atoms with Crippen LogP contribution in [0.5, 0.6) is 5.75 Å². The van der Waals surface area contributed by atoms with Gasteiger partial charge in [0.05, 0.1) is 0 Å². The molecule has 0 atom stereocenters. The van der Waals surface area contributed by atoms with Crippen LogP contribution < -0.4 is 5.32 Å². The van der Waals surface area contributed by atoms with E-state index in [0.717, 1.165) is 16.8 Å². The molecule has 0 saturated heterocycles. The molecule has 0 spiro atoms. The molecule has 0 heterocycles. The predicted octanol–water partition coefficient (Wildman–Crippen LogP) is 3.40. The lowest BCUT2D eigenvalue weighted by molar-refractivity contribution is 0.475. The minimum atomic E-state index is 0.0139. The van der Waals surface area contributed by atoms with Gasteiger partial charge in [0.2, 0.25) is 0 Å². The van der Waals surface area contributed by atoms with E-state index in [1.807, 2.05) is 36.4 Å². The highest BCUT2D eigenvalue weighted by Crippen LogP contribution is 2.24. The van der Waals surface area contributed by atoms with Crippen LogP contribution in [0.3, 0.4) is 0 Å². The number of nitrogens with zero attached hydrogens (tertiary/aromatic N) is 2. The van der Waals surface area contributed by atoms with Crippen LogP contribution >= 0.6 is 0 Å². The summed E-state index contributed by atoms with van der Waals surface area (Å²) in [4.78, 5) is 0. The molecule has 2 aromatic rings. The van der Waals surface area contributed by atoms with E-state index in [1.54, 1.807) is 24.3 Å². The van der Waals surface area contributed by atoms with Crippen molar-refractivity contribution in [3.8, 4) is 29.0 Å². The van der Waals surface area contributed by atoms with Gasteiger partial charge in [-0.1, -0.05) is 24.3 Å². The van der Waals surface area contributed by atoms with Gasteiger partial charge < -0.3 is 10.4 Å². The van der Waals surface area contributed by atoms with E-state index < -0.39 is 0 Å². The number of phenols is 1. The van der Waals surface area contributed by atoms with Gasteiger partial charge in [-0.05, 0) is 35.4 Å². The van der Waals surface area contributed by atoms with E-state index >= 15 is 0 Å². The number of hydrogen-bond acceptors (Lipinski definition) is 4. The van der Waals surface area contributed by atoms with E-state index in [9.17, 15) is 5.11 Å². The van der Waals surface area contributed by atoms with Crippen molar-refractivity contribution in [3.63, 3.8) is 0 Å². The Kier molecular flexibility index (Phi) is 4.01. The van der Waals surface area contributed by atoms with Gasteiger partial charge in [-0.25, -0.2) is 0 Å². The fourth-order valence-corrected chi connectivity index (χ4v) is 1.69. The third-order valence-corrected chi connectivity index (χ3v) is 2.69. The zero-order chi connectivity index (χ0) is 14.4. The maximum absolute atomic E-state index is 9.28. The minimum absolute atomic E-state index is 0.0139. The van der Waals surface area contributed by atoms with Gasteiger partial charge in [0.15, 0.2) is 0 Å². The second-order valence-corrected chi connectivity index (χ2v) is 4.05. The molecule has 0 aromatic heterocycles. The molecular formula is C16H11N3O. The zero-order valence-electron chi connectivity index (χ0n) is 10.5. The highest BCUT2D eigenvalue weighted by atomic mass is 16.3. The van der Waals surface area contributed by atoms with Crippen LogP contribution in [0.25, 0.3) is 11.1 Å². The van der Waals surface area contributed by atoms with Crippen molar-refractivity contribution in [1.29, 1.82) is 10.5 Å². The number of hydrogen-bond donors (Lipinski definition) is 2. The Morgan fingerprint density at radius 2 is 1.70 bits per heavy atom. The Morgan fingerprint density at radius 3 is 2.35 bits per heavy atom. The quantitative estimate of drug-likeness (QED) is 0.830. The summed E-state index contributed by atoms with van der Waals surface area (Å²) in [6, 6.07) is 18.0. The van der Waals surface area contributed by atoms with Crippen LogP contribution in [0.1, 0.15) is 0 Å². The van der Waals surface area contributed by atoms with E-state index in [1.165, 1.54) is 6.20 Å². The van der Waals surface area contributed by atoms with Crippen molar-refractivity contribution in [1.82, 2.24) is 0 Å². The molecule has 96 valence electrons. The van der Waals surface area contributed by atoms with Gasteiger partial charge in [0.1, 0.15) is 23.5 Å². The van der Waals surface area contributed by atoms with Gasteiger partial charge in [-0.3, -0.25) is 0 Å². The van der Waals surface area contributed by atoms with Crippen molar-refractivity contribution in [2.45, 2.75) is 0 Å². The number of nitriles is 2. The molecule has 0 bridgehead atoms. The molecule has 0 fully saturated rings. The Bertz CT molecular complexity index is 703. The number of aromatic hydroxyl groups is 1. The average Bonchev–Trinajstić information content (AvgIpc) is 2.49. The maximum Gasteiger partial charge on any atom is 0.145 e. The van der Waals surface area contributed by atoms with Crippen molar-refractivity contribution in [3.05, 3.63) is 60.3 Å². The highest BCUT2D eigenvalue weighted by Gasteiger charge is 1.99. The van der Waals surface area contributed by atoms with Gasteiger partial charge in [0, 0.05) is 11.9 Å². The SMILES string of the molecule is N#CC(C#N)=CNc1cccc(-c2ccc(O)cc2)c1. The molecule has 4 heteroatoms. The molecule has 0 aliphatic rings. The predicted molar refractivity (Wildman–Crippen MR) is 76.5 cm³/mol. The fourth-order valence-electron chi connectivity index (χ4n) is 1.69. The smallest absolute Gasteiger partial charge is 0.145 e. The normalized spacial score (nSPS) is 9.10. The van der Waals surface area contributed by atoms with Gasteiger partial charge in [-0.15, -0.1) is 0 Å². The summed E-state index contributed by atoms with van der Waals surface area (Å²) in [7, 11) is 0. The molecule has 0 saturated carbocycles. The Morgan fingerprint density at radius 1 is 1.00 bits per heavy atom. The van der Waals surface area contributed by atoms with Crippen molar-refractivity contribution >= 4 is 5.69 Å². The summed E-state index contributed by atoms with van der Waals surface area (Å²) < 4.78 is 0. The molecule has 0 aliphatic heterocycles. The van der Waals surface area contributed by atoms with E-state index in [4.69, 9.17) is 10.5 Å². The molecule has 0 aliphatic carbocycles. The minimum Gasteiger partial charge on any atom is -0.508 e. The first-order valence-corrected chi connectivity index (χ1v) is 5.89. The molecule has 0 unspecified atom stereocenters. The number of anilines is 1.